The summed E-state index contributed by atoms with van der Waals surface area (Å²) in [5.41, 5.74) is 4.37. The van der Waals surface area contributed by atoms with E-state index in [1.54, 1.807) is 0 Å². The van der Waals surface area contributed by atoms with Gasteiger partial charge >= 0.3 is 0 Å². The molecule has 0 N–H and O–H groups in total. The lowest BCUT2D eigenvalue weighted by atomic mass is 9.86. The van der Waals surface area contributed by atoms with Crippen molar-refractivity contribution < 1.29 is 0 Å². The molecule has 0 bridgehead atoms. The molecule has 4 heteroatoms. The fourth-order valence-electron chi connectivity index (χ4n) is 7.46. The molecule has 47 heavy (non-hydrogen) atoms. The van der Waals surface area contributed by atoms with Gasteiger partial charge in [-0.2, -0.15) is 9.97 Å². The van der Waals surface area contributed by atoms with Crippen LogP contribution in [0.1, 0.15) is 6.42 Å². The molecule has 2 aromatic heterocycles. The Labute approximate surface area is 271 Å². The van der Waals surface area contributed by atoms with Gasteiger partial charge in [-0.05, 0) is 62.5 Å². The molecule has 0 amide bonds. The molecule has 1 unspecified atom stereocenters. The molecule has 6 aromatic carbocycles. The molecule has 8 aromatic rings. The third-order valence-electron chi connectivity index (χ3n) is 9.72. The Morgan fingerprint density at radius 1 is 0.574 bits per heavy atom. The van der Waals surface area contributed by atoms with E-state index in [2.05, 4.69) is 156 Å². The van der Waals surface area contributed by atoms with Crippen molar-refractivity contribution in [2.24, 2.45) is 5.92 Å². The van der Waals surface area contributed by atoms with Gasteiger partial charge in [-0.25, -0.2) is 4.98 Å². The molecule has 0 saturated heterocycles. The van der Waals surface area contributed by atoms with E-state index >= 15 is 0 Å². The first-order valence-electron chi connectivity index (χ1n) is 16.1. The van der Waals surface area contributed by atoms with Gasteiger partial charge in [-0.1, -0.05) is 134 Å². The Morgan fingerprint density at radius 2 is 1.19 bits per heavy atom. The minimum atomic E-state index is 0.352. The molecule has 4 nitrogen and oxygen atoms in total. The number of hydrogen-bond donors (Lipinski definition) is 0. The van der Waals surface area contributed by atoms with Crippen molar-refractivity contribution in [2.45, 2.75) is 6.42 Å². The van der Waals surface area contributed by atoms with Crippen LogP contribution >= 0.6 is 0 Å². The average molecular weight is 601 g/mol. The summed E-state index contributed by atoms with van der Waals surface area (Å²) >= 11 is 0. The average Bonchev–Trinajstić information content (AvgIpc) is 3.50. The van der Waals surface area contributed by atoms with Gasteiger partial charge in [-0.3, -0.25) is 4.57 Å². The molecule has 2 heterocycles. The monoisotopic (exact) mass is 600 g/mol. The molecule has 2 aliphatic carbocycles. The first-order valence-corrected chi connectivity index (χ1v) is 16.1. The van der Waals surface area contributed by atoms with Crippen LogP contribution in [0.15, 0.2) is 146 Å². The van der Waals surface area contributed by atoms with Gasteiger partial charge in [0.2, 0.25) is 5.95 Å². The van der Waals surface area contributed by atoms with E-state index in [0.717, 1.165) is 39.2 Å². The van der Waals surface area contributed by atoms with Gasteiger partial charge in [-0.15, -0.1) is 0 Å². The maximum Gasteiger partial charge on any atom is 0.238 e. The van der Waals surface area contributed by atoms with Crippen LogP contribution in [0.2, 0.25) is 0 Å². The number of benzene rings is 6. The first-order chi connectivity index (χ1) is 23.3. The Kier molecular flexibility index (Phi) is 5.67. The molecule has 0 spiro atoms. The van der Waals surface area contributed by atoms with E-state index in [9.17, 15) is 0 Å². The SMILES string of the molecule is C1=CC2=c3c(n(-c4nc(-c5ccc6ccccc6c5)nc(-c5ccc6ccccc6c5)n4)c4ccc5ccccc5c34)=CCC2C=C1. The summed E-state index contributed by atoms with van der Waals surface area (Å²) in [6.07, 6.45) is 12.2. The Hall–Kier alpha value is -6.13. The quantitative estimate of drug-likeness (QED) is 0.204. The third kappa shape index (κ3) is 4.12. The Bertz CT molecular complexity index is 2690. The number of fused-ring (bicyclic) bond motifs is 8. The van der Waals surface area contributed by atoms with Crippen LogP contribution in [0.3, 0.4) is 0 Å². The lowest BCUT2D eigenvalue weighted by Gasteiger charge is -2.18. The Balaban J connectivity index is 1.31. The number of nitrogens with zero attached hydrogens (tertiary/aromatic N) is 4. The van der Waals surface area contributed by atoms with E-state index in [-0.39, 0.29) is 0 Å². The van der Waals surface area contributed by atoms with Crippen molar-refractivity contribution in [3.8, 4) is 28.7 Å². The molecule has 0 fully saturated rings. The highest BCUT2D eigenvalue weighted by molar-refractivity contribution is 6.08. The normalized spacial score (nSPS) is 15.3. The second kappa shape index (κ2) is 10.2. The molecule has 10 rings (SSSR count). The van der Waals surface area contributed by atoms with Gasteiger partial charge in [0.25, 0.3) is 0 Å². The van der Waals surface area contributed by atoms with Crippen molar-refractivity contribution in [2.75, 3.05) is 0 Å². The number of allylic oxidation sites excluding steroid dienone is 4. The van der Waals surface area contributed by atoms with Gasteiger partial charge in [0.1, 0.15) is 0 Å². The maximum atomic E-state index is 5.26. The van der Waals surface area contributed by atoms with Gasteiger partial charge in [0.05, 0.1) is 10.9 Å². The number of aromatic nitrogens is 4. The highest BCUT2D eigenvalue weighted by Gasteiger charge is 2.24. The number of hydrogen-bond acceptors (Lipinski definition) is 3. The van der Waals surface area contributed by atoms with Gasteiger partial charge in [0.15, 0.2) is 11.6 Å². The predicted octanol–water partition coefficient (Wildman–Crippen LogP) is 8.69. The molecular formula is C43H28N4. The predicted molar refractivity (Wildman–Crippen MR) is 194 cm³/mol. The van der Waals surface area contributed by atoms with Gasteiger partial charge in [0, 0.05) is 27.6 Å². The van der Waals surface area contributed by atoms with E-state index in [0.29, 0.717) is 23.5 Å². The van der Waals surface area contributed by atoms with Crippen LogP contribution in [0.4, 0.5) is 0 Å². The van der Waals surface area contributed by atoms with Crippen LogP contribution in [-0.2, 0) is 0 Å². The second-order valence-electron chi connectivity index (χ2n) is 12.4. The molecule has 220 valence electrons. The van der Waals surface area contributed by atoms with Crippen molar-refractivity contribution >= 4 is 54.9 Å². The van der Waals surface area contributed by atoms with Crippen molar-refractivity contribution in [1.82, 2.24) is 19.5 Å². The molecule has 0 aliphatic heterocycles. The summed E-state index contributed by atoms with van der Waals surface area (Å²) in [5.74, 6) is 2.29. The van der Waals surface area contributed by atoms with Gasteiger partial charge < -0.3 is 0 Å². The zero-order valence-corrected chi connectivity index (χ0v) is 25.5. The maximum absolute atomic E-state index is 5.26. The van der Waals surface area contributed by atoms with E-state index < -0.39 is 0 Å². The van der Waals surface area contributed by atoms with E-state index in [4.69, 9.17) is 15.0 Å². The summed E-state index contributed by atoms with van der Waals surface area (Å²) < 4.78 is 2.27. The molecule has 2 aliphatic rings. The molecule has 0 saturated carbocycles. The largest absolute Gasteiger partial charge is 0.278 e. The van der Waals surface area contributed by atoms with Crippen molar-refractivity contribution in [1.29, 1.82) is 0 Å². The van der Waals surface area contributed by atoms with Crippen molar-refractivity contribution in [3.05, 3.63) is 156 Å². The highest BCUT2D eigenvalue weighted by Crippen LogP contribution is 2.31. The summed E-state index contributed by atoms with van der Waals surface area (Å²) in [6.45, 7) is 0. The smallest absolute Gasteiger partial charge is 0.238 e. The standard InChI is InChI=1S/C43H28N4/c1-3-13-31-25-33(19-17-27(31)9-1)41-44-42(34-20-18-28-10-2-4-14-32(28)26-34)46-43(45-41)47-37-23-21-29-11-5-7-15-35(29)39(37)40-36-16-8-6-12-30(36)22-24-38(40)47/h1-21,23-26,30H,22H2. The minimum Gasteiger partial charge on any atom is -0.278 e. The van der Waals surface area contributed by atoms with Crippen LogP contribution < -0.4 is 10.6 Å². The summed E-state index contributed by atoms with van der Waals surface area (Å²) in [6, 6.07) is 42.9. The zero-order chi connectivity index (χ0) is 30.9. The molecular weight excluding hydrogens is 573 g/mol. The van der Waals surface area contributed by atoms with E-state index in [1.807, 2.05) is 0 Å². The van der Waals surface area contributed by atoms with Crippen molar-refractivity contribution in [3.63, 3.8) is 0 Å². The van der Waals surface area contributed by atoms with Crippen LogP contribution in [-0.4, -0.2) is 19.5 Å². The van der Waals surface area contributed by atoms with Crippen LogP contribution in [0.25, 0.3) is 83.6 Å². The second-order valence-corrected chi connectivity index (χ2v) is 12.4. The first kappa shape index (κ1) is 26.1. The lowest BCUT2D eigenvalue weighted by molar-refractivity contribution is 0.841. The fourth-order valence-corrected chi connectivity index (χ4v) is 7.46. The third-order valence-corrected chi connectivity index (χ3v) is 9.72. The zero-order valence-electron chi connectivity index (χ0n) is 25.5. The highest BCUT2D eigenvalue weighted by atomic mass is 15.2. The Morgan fingerprint density at radius 3 is 1.89 bits per heavy atom. The molecule has 1 atom stereocenters. The number of rotatable bonds is 3. The summed E-state index contributed by atoms with van der Waals surface area (Å²) in [4.78, 5) is 15.7. The minimum absolute atomic E-state index is 0.352. The van der Waals surface area contributed by atoms with Crippen LogP contribution in [0.5, 0.6) is 0 Å². The molecule has 0 radical (unpaired) electrons. The topological polar surface area (TPSA) is 43.6 Å². The fraction of sp³-hybridized carbons (Fsp3) is 0.0465. The summed E-state index contributed by atoms with van der Waals surface area (Å²) in [7, 11) is 0. The lowest BCUT2D eigenvalue weighted by Crippen LogP contribution is -2.35. The summed E-state index contributed by atoms with van der Waals surface area (Å²) in [5, 5.41) is 10.8. The van der Waals surface area contributed by atoms with Crippen LogP contribution in [0, 0.1) is 5.92 Å². The van der Waals surface area contributed by atoms with E-state index in [1.165, 1.54) is 37.7 Å².